The lowest BCUT2D eigenvalue weighted by Gasteiger charge is -2.10. The summed E-state index contributed by atoms with van der Waals surface area (Å²) in [5.41, 5.74) is 2.13. The molecule has 1 atom stereocenters. The minimum atomic E-state index is -0.884. The average molecular weight is 323 g/mol. The number of hydrogen-bond acceptors (Lipinski definition) is 6. The fraction of sp³-hybridized carbons (Fsp3) is 0.188. The van der Waals surface area contributed by atoms with Crippen LogP contribution < -0.4 is 0 Å². The Morgan fingerprint density at radius 2 is 2.26 bits per heavy atom. The molecule has 0 radical (unpaired) electrons. The first-order chi connectivity index (χ1) is 11.2. The van der Waals surface area contributed by atoms with Gasteiger partial charge in [-0.1, -0.05) is 24.3 Å². The molecule has 0 aliphatic rings. The van der Waals surface area contributed by atoms with E-state index in [9.17, 15) is 10.1 Å². The van der Waals surface area contributed by atoms with Crippen molar-refractivity contribution >= 4 is 17.1 Å². The van der Waals surface area contributed by atoms with Gasteiger partial charge in [0.25, 0.3) is 0 Å². The number of aryl methyl sites for hydroxylation is 1. The molecule has 0 aliphatic carbocycles. The van der Waals surface area contributed by atoms with E-state index in [4.69, 9.17) is 0 Å². The normalized spacial score (nSPS) is 11.8. The van der Waals surface area contributed by atoms with E-state index in [0.29, 0.717) is 17.1 Å². The zero-order chi connectivity index (χ0) is 16.2. The molecular formula is C16H13N5OS. The molecule has 2 heterocycles. The molecule has 0 saturated heterocycles. The highest BCUT2D eigenvalue weighted by Crippen LogP contribution is 2.25. The monoisotopic (exact) mass is 323 g/mol. The maximum absolute atomic E-state index is 12.8. The molecule has 0 fully saturated rings. The predicted octanol–water partition coefficient (Wildman–Crippen LogP) is 2.58. The third kappa shape index (κ3) is 3.17. The van der Waals surface area contributed by atoms with Gasteiger partial charge in [0.2, 0.25) is 0 Å². The third-order valence-corrected chi connectivity index (χ3v) is 4.38. The maximum Gasteiger partial charge on any atom is 0.187 e. The van der Waals surface area contributed by atoms with Crippen molar-refractivity contribution in [1.29, 1.82) is 5.26 Å². The highest BCUT2D eigenvalue weighted by molar-refractivity contribution is 7.10. The molecule has 0 amide bonds. The Kier molecular flexibility index (Phi) is 4.26. The number of Topliss-reactive ketones (excluding diaryl/α,β-unsaturated/α-hetero) is 1. The van der Waals surface area contributed by atoms with E-state index in [0.717, 1.165) is 11.3 Å². The number of nitriles is 1. The molecule has 6 nitrogen and oxygen atoms in total. The van der Waals surface area contributed by atoms with E-state index >= 15 is 0 Å². The summed E-state index contributed by atoms with van der Waals surface area (Å²) in [4.78, 5) is 21.0. The van der Waals surface area contributed by atoms with Gasteiger partial charge < -0.3 is 0 Å². The molecular weight excluding hydrogens is 310 g/mol. The standard InChI is InChI=1S/C16H13N5OS/c1-11-8-23-16(20-11)14(6-17)15(22)13-5-3-2-4-12(13)7-21-10-18-9-19-21/h2-5,8-10,14H,7H2,1H3. The van der Waals surface area contributed by atoms with Crippen LogP contribution in [0, 0.1) is 18.3 Å². The van der Waals surface area contributed by atoms with E-state index < -0.39 is 5.92 Å². The van der Waals surface area contributed by atoms with Crippen LogP contribution in [-0.2, 0) is 6.54 Å². The van der Waals surface area contributed by atoms with Crippen LogP contribution in [0.25, 0.3) is 0 Å². The number of carbonyl (C=O) groups is 1. The number of rotatable bonds is 5. The van der Waals surface area contributed by atoms with Crippen molar-refractivity contribution in [2.75, 3.05) is 0 Å². The van der Waals surface area contributed by atoms with Crippen molar-refractivity contribution in [2.24, 2.45) is 0 Å². The van der Waals surface area contributed by atoms with E-state index in [1.54, 1.807) is 23.1 Å². The van der Waals surface area contributed by atoms with Gasteiger partial charge in [0.1, 0.15) is 17.7 Å². The molecule has 0 N–H and O–H groups in total. The van der Waals surface area contributed by atoms with Gasteiger partial charge in [-0.2, -0.15) is 10.4 Å². The molecule has 0 saturated carbocycles. The number of aromatic nitrogens is 4. The summed E-state index contributed by atoms with van der Waals surface area (Å²) in [6, 6.07) is 9.32. The number of nitrogens with zero attached hydrogens (tertiary/aromatic N) is 5. The Hall–Kier alpha value is -2.85. The molecule has 114 valence electrons. The summed E-state index contributed by atoms with van der Waals surface area (Å²) >= 11 is 1.33. The van der Waals surface area contributed by atoms with Gasteiger partial charge in [0.15, 0.2) is 11.7 Å². The average Bonchev–Trinajstić information content (AvgIpc) is 3.20. The fourth-order valence-electron chi connectivity index (χ4n) is 2.27. The van der Waals surface area contributed by atoms with E-state index in [1.807, 2.05) is 24.4 Å². The van der Waals surface area contributed by atoms with Crippen LogP contribution in [-0.4, -0.2) is 25.5 Å². The summed E-state index contributed by atoms with van der Waals surface area (Å²) in [7, 11) is 0. The summed E-state index contributed by atoms with van der Waals surface area (Å²) < 4.78 is 1.64. The molecule has 1 aromatic carbocycles. The summed E-state index contributed by atoms with van der Waals surface area (Å²) in [5.74, 6) is -1.12. The predicted molar refractivity (Wildman–Crippen MR) is 85.1 cm³/mol. The Bertz CT molecular complexity index is 863. The lowest BCUT2D eigenvalue weighted by Crippen LogP contribution is -2.15. The van der Waals surface area contributed by atoms with Crippen LogP contribution in [0.15, 0.2) is 42.3 Å². The van der Waals surface area contributed by atoms with Gasteiger partial charge in [-0.05, 0) is 12.5 Å². The van der Waals surface area contributed by atoms with Crippen LogP contribution >= 0.6 is 11.3 Å². The zero-order valence-corrected chi connectivity index (χ0v) is 13.2. The number of ketones is 1. The first-order valence-electron chi connectivity index (χ1n) is 6.95. The number of hydrogen-bond donors (Lipinski definition) is 0. The topological polar surface area (TPSA) is 84.5 Å². The van der Waals surface area contributed by atoms with Crippen LogP contribution in [0.2, 0.25) is 0 Å². The van der Waals surface area contributed by atoms with Crippen molar-refractivity contribution in [3.05, 3.63) is 64.1 Å². The molecule has 2 aromatic heterocycles. The van der Waals surface area contributed by atoms with Crippen LogP contribution in [0.3, 0.4) is 0 Å². The lowest BCUT2D eigenvalue weighted by molar-refractivity contribution is 0.0977. The van der Waals surface area contributed by atoms with E-state index in [2.05, 4.69) is 21.1 Å². The first kappa shape index (κ1) is 15.1. The Morgan fingerprint density at radius 1 is 1.43 bits per heavy atom. The molecule has 3 rings (SSSR count). The van der Waals surface area contributed by atoms with Crippen LogP contribution in [0.1, 0.15) is 32.5 Å². The quantitative estimate of drug-likeness (QED) is 0.674. The summed E-state index contributed by atoms with van der Waals surface area (Å²) in [6.45, 7) is 2.27. The Balaban J connectivity index is 1.94. The fourth-order valence-corrected chi connectivity index (χ4v) is 3.11. The SMILES string of the molecule is Cc1csc(C(C#N)C(=O)c2ccccc2Cn2cncn2)n1. The minimum absolute atomic E-state index is 0.238. The molecule has 0 aliphatic heterocycles. The van der Waals surface area contributed by atoms with Crippen molar-refractivity contribution in [3.63, 3.8) is 0 Å². The molecule has 0 spiro atoms. The van der Waals surface area contributed by atoms with Gasteiger partial charge >= 0.3 is 0 Å². The Labute approximate surface area is 137 Å². The van der Waals surface area contributed by atoms with Gasteiger partial charge in [-0.15, -0.1) is 11.3 Å². The summed E-state index contributed by atoms with van der Waals surface area (Å²) in [6.07, 6.45) is 3.04. The summed E-state index contributed by atoms with van der Waals surface area (Å²) in [5, 5.41) is 15.9. The highest BCUT2D eigenvalue weighted by atomic mass is 32.1. The van der Waals surface area contributed by atoms with E-state index in [-0.39, 0.29) is 5.78 Å². The maximum atomic E-state index is 12.8. The van der Waals surface area contributed by atoms with Gasteiger partial charge in [-0.3, -0.25) is 4.79 Å². The molecule has 1 unspecified atom stereocenters. The Morgan fingerprint density at radius 3 is 2.91 bits per heavy atom. The lowest BCUT2D eigenvalue weighted by atomic mass is 9.95. The highest BCUT2D eigenvalue weighted by Gasteiger charge is 2.26. The van der Waals surface area contributed by atoms with Crippen molar-refractivity contribution < 1.29 is 4.79 Å². The second kappa shape index (κ2) is 6.50. The van der Waals surface area contributed by atoms with E-state index in [1.165, 1.54) is 17.7 Å². The molecule has 0 bridgehead atoms. The zero-order valence-electron chi connectivity index (χ0n) is 12.4. The van der Waals surface area contributed by atoms with Crippen molar-refractivity contribution in [3.8, 4) is 6.07 Å². The smallest absolute Gasteiger partial charge is 0.187 e. The van der Waals surface area contributed by atoms with Gasteiger partial charge in [0, 0.05) is 16.6 Å². The number of thiazole rings is 1. The third-order valence-electron chi connectivity index (χ3n) is 3.36. The first-order valence-corrected chi connectivity index (χ1v) is 7.83. The molecule has 7 heteroatoms. The second-order valence-electron chi connectivity index (χ2n) is 5.00. The van der Waals surface area contributed by atoms with Crippen LogP contribution in [0.4, 0.5) is 0 Å². The second-order valence-corrected chi connectivity index (χ2v) is 5.89. The largest absolute Gasteiger partial charge is 0.292 e. The molecule has 23 heavy (non-hydrogen) atoms. The minimum Gasteiger partial charge on any atom is -0.292 e. The van der Waals surface area contributed by atoms with Gasteiger partial charge in [-0.25, -0.2) is 14.6 Å². The van der Waals surface area contributed by atoms with Crippen molar-refractivity contribution in [2.45, 2.75) is 19.4 Å². The molecule has 3 aromatic rings. The number of benzene rings is 1. The number of carbonyl (C=O) groups excluding carboxylic acids is 1. The van der Waals surface area contributed by atoms with Crippen molar-refractivity contribution in [1.82, 2.24) is 19.7 Å². The van der Waals surface area contributed by atoms with Crippen LogP contribution in [0.5, 0.6) is 0 Å². The van der Waals surface area contributed by atoms with Gasteiger partial charge in [0.05, 0.1) is 12.6 Å².